The van der Waals surface area contributed by atoms with Gasteiger partial charge in [0.05, 0.1) is 6.54 Å². The molecule has 1 aromatic carbocycles. The number of amides is 1. The molecule has 138 valence electrons. The third-order valence-electron chi connectivity index (χ3n) is 5.48. The van der Waals surface area contributed by atoms with Gasteiger partial charge in [0.1, 0.15) is 5.82 Å². The monoisotopic (exact) mass is 347 g/mol. The molecule has 1 unspecified atom stereocenters. The van der Waals surface area contributed by atoms with Gasteiger partial charge in [-0.2, -0.15) is 0 Å². The lowest BCUT2D eigenvalue weighted by molar-refractivity contribution is -0.135. The summed E-state index contributed by atoms with van der Waals surface area (Å²) >= 11 is 0. The molecule has 0 saturated carbocycles. The van der Waals surface area contributed by atoms with Crippen LogP contribution in [0.2, 0.25) is 0 Å². The molecule has 2 fully saturated rings. The molecule has 2 aliphatic rings. The zero-order valence-electron chi connectivity index (χ0n) is 15.3. The Morgan fingerprint density at radius 1 is 1.00 bits per heavy atom. The van der Waals surface area contributed by atoms with Crippen molar-refractivity contribution in [2.75, 3.05) is 39.3 Å². The Morgan fingerprint density at radius 3 is 2.48 bits per heavy atom. The van der Waals surface area contributed by atoms with Crippen LogP contribution in [0.5, 0.6) is 0 Å². The zero-order chi connectivity index (χ0) is 17.6. The van der Waals surface area contributed by atoms with Gasteiger partial charge >= 0.3 is 0 Å². The SMILES string of the molecule is CC1CCCCN1C(=O)CN1CCCN(Cc2ccc(F)cc2)CC1. The molecular weight excluding hydrogens is 317 g/mol. The molecule has 2 aliphatic heterocycles. The summed E-state index contributed by atoms with van der Waals surface area (Å²) in [5.41, 5.74) is 1.15. The van der Waals surface area contributed by atoms with Gasteiger partial charge in [-0.1, -0.05) is 12.1 Å². The van der Waals surface area contributed by atoms with Crippen molar-refractivity contribution in [2.45, 2.75) is 45.2 Å². The fraction of sp³-hybridized carbons (Fsp3) is 0.650. The molecule has 25 heavy (non-hydrogen) atoms. The van der Waals surface area contributed by atoms with Gasteiger partial charge in [0.15, 0.2) is 0 Å². The van der Waals surface area contributed by atoms with Crippen LogP contribution < -0.4 is 0 Å². The minimum Gasteiger partial charge on any atom is -0.339 e. The number of benzene rings is 1. The van der Waals surface area contributed by atoms with E-state index in [-0.39, 0.29) is 5.82 Å². The van der Waals surface area contributed by atoms with Crippen LogP contribution in [0, 0.1) is 5.82 Å². The number of hydrogen-bond acceptors (Lipinski definition) is 3. The van der Waals surface area contributed by atoms with E-state index in [0.29, 0.717) is 18.5 Å². The second-order valence-electron chi connectivity index (χ2n) is 7.46. The average molecular weight is 347 g/mol. The zero-order valence-corrected chi connectivity index (χ0v) is 15.3. The maximum absolute atomic E-state index is 13.0. The predicted molar refractivity (Wildman–Crippen MR) is 97.8 cm³/mol. The van der Waals surface area contributed by atoms with Crippen molar-refractivity contribution in [3.05, 3.63) is 35.6 Å². The highest BCUT2D eigenvalue weighted by molar-refractivity contribution is 5.78. The maximum Gasteiger partial charge on any atom is 0.236 e. The first kappa shape index (κ1) is 18.3. The van der Waals surface area contributed by atoms with Crippen LogP contribution >= 0.6 is 0 Å². The Morgan fingerprint density at radius 2 is 1.72 bits per heavy atom. The third kappa shape index (κ3) is 5.25. The Labute approximate surface area is 150 Å². The molecule has 3 rings (SSSR count). The highest BCUT2D eigenvalue weighted by Gasteiger charge is 2.25. The number of carbonyl (C=O) groups excluding carboxylic acids is 1. The lowest BCUT2D eigenvalue weighted by Crippen LogP contribution is -2.47. The molecule has 0 bridgehead atoms. The van der Waals surface area contributed by atoms with E-state index < -0.39 is 0 Å². The van der Waals surface area contributed by atoms with Crippen LogP contribution in [0.4, 0.5) is 4.39 Å². The number of rotatable bonds is 4. The highest BCUT2D eigenvalue weighted by Crippen LogP contribution is 2.17. The van der Waals surface area contributed by atoms with Crippen LogP contribution in [0.25, 0.3) is 0 Å². The number of hydrogen-bond donors (Lipinski definition) is 0. The Kier molecular flexibility index (Phi) is 6.43. The first-order chi connectivity index (χ1) is 12.1. The van der Waals surface area contributed by atoms with Crippen LogP contribution in [-0.2, 0) is 11.3 Å². The molecule has 1 aromatic rings. The van der Waals surface area contributed by atoms with Gasteiger partial charge < -0.3 is 4.90 Å². The van der Waals surface area contributed by atoms with E-state index in [4.69, 9.17) is 0 Å². The summed E-state index contributed by atoms with van der Waals surface area (Å²) in [6.07, 6.45) is 4.59. The molecule has 1 amide bonds. The first-order valence-electron chi connectivity index (χ1n) is 9.60. The van der Waals surface area contributed by atoms with Crippen LogP contribution in [0.3, 0.4) is 0 Å². The van der Waals surface area contributed by atoms with E-state index in [1.54, 1.807) is 0 Å². The summed E-state index contributed by atoms with van der Waals surface area (Å²) < 4.78 is 13.0. The summed E-state index contributed by atoms with van der Waals surface area (Å²) in [7, 11) is 0. The van der Waals surface area contributed by atoms with Gasteiger partial charge in [0.25, 0.3) is 0 Å². The Hall–Kier alpha value is -1.46. The van der Waals surface area contributed by atoms with Gasteiger partial charge in [-0.3, -0.25) is 14.6 Å². The Balaban J connectivity index is 1.47. The van der Waals surface area contributed by atoms with Crippen molar-refractivity contribution in [1.82, 2.24) is 14.7 Å². The third-order valence-corrected chi connectivity index (χ3v) is 5.48. The van der Waals surface area contributed by atoms with Gasteiger partial charge in [0.2, 0.25) is 5.91 Å². The van der Waals surface area contributed by atoms with Gasteiger partial charge in [-0.15, -0.1) is 0 Å². The van der Waals surface area contributed by atoms with Crippen molar-refractivity contribution in [1.29, 1.82) is 0 Å². The number of piperidine rings is 1. The largest absolute Gasteiger partial charge is 0.339 e. The summed E-state index contributed by atoms with van der Waals surface area (Å²) in [5, 5.41) is 0. The molecule has 0 N–H and O–H groups in total. The van der Waals surface area contributed by atoms with E-state index >= 15 is 0 Å². The van der Waals surface area contributed by atoms with Crippen LogP contribution in [-0.4, -0.2) is 65.9 Å². The van der Waals surface area contributed by atoms with Crippen LogP contribution in [0.1, 0.15) is 38.2 Å². The molecule has 2 heterocycles. The van der Waals surface area contributed by atoms with Crippen molar-refractivity contribution in [2.24, 2.45) is 0 Å². The van der Waals surface area contributed by atoms with E-state index in [9.17, 15) is 9.18 Å². The van der Waals surface area contributed by atoms with Crippen molar-refractivity contribution < 1.29 is 9.18 Å². The minimum absolute atomic E-state index is 0.184. The van der Waals surface area contributed by atoms with Gasteiger partial charge in [-0.25, -0.2) is 4.39 Å². The van der Waals surface area contributed by atoms with E-state index in [1.165, 1.54) is 18.6 Å². The smallest absolute Gasteiger partial charge is 0.236 e. The topological polar surface area (TPSA) is 26.8 Å². The standard InChI is InChI=1S/C20H30FN3O/c1-17-5-2-3-12-24(17)20(25)16-23-11-4-10-22(13-14-23)15-18-6-8-19(21)9-7-18/h6-9,17H,2-5,10-16H2,1H3. The molecule has 0 radical (unpaired) electrons. The second kappa shape index (κ2) is 8.77. The summed E-state index contributed by atoms with van der Waals surface area (Å²) in [4.78, 5) is 19.4. The Bertz CT molecular complexity index is 563. The molecule has 0 spiro atoms. The number of likely N-dealkylation sites (tertiary alicyclic amines) is 1. The minimum atomic E-state index is -0.184. The van der Waals surface area contributed by atoms with E-state index in [0.717, 1.165) is 64.1 Å². The summed E-state index contributed by atoms with van der Waals surface area (Å²) in [6.45, 7) is 8.39. The quantitative estimate of drug-likeness (QED) is 0.838. The van der Waals surface area contributed by atoms with Crippen LogP contribution in [0.15, 0.2) is 24.3 Å². The fourth-order valence-electron chi connectivity index (χ4n) is 3.94. The summed E-state index contributed by atoms with van der Waals surface area (Å²) in [6, 6.07) is 7.16. The molecule has 1 atom stereocenters. The first-order valence-corrected chi connectivity index (χ1v) is 9.60. The van der Waals surface area contributed by atoms with Crippen molar-refractivity contribution in [3.63, 3.8) is 0 Å². The lowest BCUT2D eigenvalue weighted by Gasteiger charge is -2.35. The van der Waals surface area contributed by atoms with E-state index in [2.05, 4.69) is 21.6 Å². The summed E-state index contributed by atoms with van der Waals surface area (Å²) in [5.74, 6) is 0.107. The molecule has 2 saturated heterocycles. The molecular formula is C20H30FN3O. The number of nitrogens with zero attached hydrogens (tertiary/aromatic N) is 3. The normalized spacial score (nSPS) is 23.4. The lowest BCUT2D eigenvalue weighted by atomic mass is 10.0. The number of halogens is 1. The molecule has 5 heteroatoms. The van der Waals surface area contributed by atoms with Gasteiger partial charge in [-0.05, 0) is 63.4 Å². The highest BCUT2D eigenvalue weighted by atomic mass is 19.1. The van der Waals surface area contributed by atoms with E-state index in [1.807, 2.05) is 12.1 Å². The molecule has 0 aliphatic carbocycles. The second-order valence-corrected chi connectivity index (χ2v) is 7.46. The number of carbonyl (C=O) groups is 1. The fourth-order valence-corrected chi connectivity index (χ4v) is 3.94. The van der Waals surface area contributed by atoms with Crippen molar-refractivity contribution in [3.8, 4) is 0 Å². The maximum atomic E-state index is 13.0. The van der Waals surface area contributed by atoms with Crippen molar-refractivity contribution >= 4 is 5.91 Å². The molecule has 4 nitrogen and oxygen atoms in total. The van der Waals surface area contributed by atoms with Gasteiger partial charge in [0, 0.05) is 32.2 Å². The average Bonchev–Trinajstić information content (AvgIpc) is 2.82. The molecule has 0 aromatic heterocycles. The predicted octanol–water partition coefficient (Wildman–Crippen LogP) is 2.73.